The zero-order valence-electron chi connectivity index (χ0n) is 83.7. The number of carbonyl (C=O) groups is 10. The van der Waals surface area contributed by atoms with Crippen LogP contribution in [0.1, 0.15) is 161 Å². The minimum Gasteiger partial charge on any atom is -0.384 e. The number of benzene rings is 5. The quantitative estimate of drug-likeness (QED) is 0.0253. The van der Waals surface area contributed by atoms with Crippen LogP contribution in [-0.4, -0.2) is 127 Å². The molecule has 5 N–H and O–H groups in total. The van der Waals surface area contributed by atoms with Crippen molar-refractivity contribution in [3.05, 3.63) is 177 Å². The number of methoxy groups -OCH3 is 5. The fourth-order valence-corrected chi connectivity index (χ4v) is 7.41. The molecule has 5 aromatic carbocycles. The largest absolute Gasteiger partial charge is 0.384 e. The van der Waals surface area contributed by atoms with Gasteiger partial charge < -0.3 is 74.2 Å². The Morgan fingerprint density at radius 2 is 0.505 bits per heavy atom. The van der Waals surface area contributed by atoms with Crippen LogP contribution >= 0.6 is 0 Å². The first-order valence-corrected chi connectivity index (χ1v) is 29.3. The predicted octanol–water partition coefficient (Wildman–Crippen LogP) is 9.26. The first kappa shape index (κ1) is 48.3. The molecule has 0 spiro atoms. The molecular weight excluding hydrogens is 1210 g/mol. The second-order valence-electron chi connectivity index (χ2n) is 21.3. The van der Waals surface area contributed by atoms with E-state index in [9.17, 15) is 47.9 Å². The van der Waals surface area contributed by atoms with Crippen molar-refractivity contribution in [2.75, 3.05) is 68.4 Å². The Morgan fingerprint density at radius 1 is 0.316 bits per heavy atom. The number of ketones is 5. The minimum atomic E-state index is -2.81. The smallest absolute Gasteiger partial charge is 0.226 e. The Morgan fingerprint density at radius 3 is 0.684 bits per heavy atom. The molecule has 0 aliphatic carbocycles. The highest BCUT2D eigenvalue weighted by molar-refractivity contribution is 5.88. The molecule has 20 heteroatoms. The third kappa shape index (κ3) is 40.5. The van der Waals surface area contributed by atoms with Gasteiger partial charge in [0.25, 0.3) is 0 Å². The standard InChI is InChI=1S/5C15H21NO3/c5*1-11-4-6-13(7-5-11)9-16-15(18)14(10-19-3)8-12(2)17/h5*4-7,14H,8-10H2,1-3H3,(H,16,18)/i3D3,4D,5D,6D,7D,9D2;2*4D,5D,6D,7D,9D2;3D3,9D2;9D2. The zero-order valence-corrected chi connectivity index (χ0v) is 55.7. The van der Waals surface area contributed by atoms with E-state index in [0.717, 1.165) is 11.1 Å². The lowest BCUT2D eigenvalue weighted by molar-refractivity contribution is -0.130. The number of rotatable bonds is 35. The molecule has 5 atom stereocenters. The van der Waals surface area contributed by atoms with Crippen LogP contribution in [0, 0.1) is 64.2 Å². The molecule has 0 aliphatic heterocycles. The Balaban J connectivity index is 0.000000771. The fourth-order valence-electron chi connectivity index (χ4n) is 7.41. The normalized spacial score (nSPS) is 17.2. The van der Waals surface area contributed by atoms with Crippen molar-refractivity contribution in [3.8, 4) is 0 Å². The topological polar surface area (TPSA) is 277 Å². The number of Topliss-reactive ketones (excluding diaryl/α,β-unsaturated/α-hetero) is 5. The summed E-state index contributed by atoms with van der Waals surface area (Å²) in [7, 11) is -1.37. The average molecular weight is 1340 g/mol. The van der Waals surface area contributed by atoms with E-state index in [1.165, 1.54) is 76.7 Å². The number of hydrogen-bond acceptors (Lipinski definition) is 15. The molecule has 5 rings (SSSR count). The van der Waals surface area contributed by atoms with Gasteiger partial charge >= 0.3 is 0 Å². The van der Waals surface area contributed by atoms with E-state index < -0.39 is 196 Å². The first-order valence-electron chi connectivity index (χ1n) is 43.3. The summed E-state index contributed by atoms with van der Waals surface area (Å²) in [4.78, 5) is 118. The van der Waals surface area contributed by atoms with Gasteiger partial charge in [-0.15, -0.1) is 0 Å². The summed E-state index contributed by atoms with van der Waals surface area (Å²) >= 11 is 0. The van der Waals surface area contributed by atoms with E-state index in [2.05, 4.69) is 30.7 Å². The maximum Gasteiger partial charge on any atom is 0.226 e. The van der Waals surface area contributed by atoms with Gasteiger partial charge in [-0.25, -0.2) is 0 Å². The van der Waals surface area contributed by atoms with Gasteiger partial charge in [-0.05, 0) is 97.1 Å². The van der Waals surface area contributed by atoms with Crippen molar-refractivity contribution in [2.24, 2.45) is 29.6 Å². The average Bonchev–Trinajstić information content (AvgIpc) is 0.773. The van der Waals surface area contributed by atoms with E-state index >= 15 is 0 Å². The van der Waals surface area contributed by atoms with Crippen molar-refractivity contribution in [1.82, 2.24) is 26.6 Å². The molecule has 20 nitrogen and oxygen atoms in total. The summed E-state index contributed by atoms with van der Waals surface area (Å²) in [6.45, 7) is 0.840. The van der Waals surface area contributed by atoms with E-state index in [1.54, 1.807) is 48.5 Å². The van der Waals surface area contributed by atoms with Crippen LogP contribution in [0.15, 0.2) is 121 Å². The Labute approximate surface area is 602 Å². The number of hydrogen-bond donors (Lipinski definition) is 5. The summed E-state index contributed by atoms with van der Waals surface area (Å²) in [6, 6.07) is 7.46. The highest BCUT2D eigenvalue weighted by Crippen LogP contribution is 2.13. The molecule has 0 fully saturated rings. The molecule has 0 radical (unpaired) electrons. The molecule has 0 aromatic heterocycles. The van der Waals surface area contributed by atoms with Gasteiger partial charge in [-0.3, -0.25) is 24.0 Å². The number of amides is 5. The van der Waals surface area contributed by atoms with Crippen molar-refractivity contribution in [2.45, 2.75) is 134 Å². The van der Waals surface area contributed by atoms with Gasteiger partial charge in [0, 0.05) is 100.0 Å². The molecule has 0 saturated heterocycles. The van der Waals surface area contributed by atoms with Crippen LogP contribution in [0.3, 0.4) is 0 Å². The van der Waals surface area contributed by atoms with Crippen LogP contribution < -0.4 is 26.6 Å². The molecular formula is C75H105N5O15. The Bertz CT molecular complexity index is 4350. The van der Waals surface area contributed by atoms with Crippen LogP contribution in [0.4, 0.5) is 0 Å². The molecule has 5 unspecified atom stereocenters. The highest BCUT2D eigenvalue weighted by atomic mass is 16.5. The van der Waals surface area contributed by atoms with Gasteiger partial charge in [0.2, 0.25) is 29.5 Å². The minimum absolute atomic E-state index is 0.0291. The van der Waals surface area contributed by atoms with E-state index in [1.807, 2.05) is 19.2 Å². The lowest BCUT2D eigenvalue weighted by Crippen LogP contribution is -2.33. The zero-order chi connectivity index (χ0) is 95.7. The van der Waals surface area contributed by atoms with Gasteiger partial charge in [-0.2, -0.15) is 0 Å². The van der Waals surface area contributed by atoms with E-state index in [4.69, 9.17) is 52.6 Å². The van der Waals surface area contributed by atoms with Crippen LogP contribution in [0.2, 0.25) is 0 Å². The lowest BCUT2D eigenvalue weighted by Gasteiger charge is -2.14. The molecule has 0 heterocycles. The summed E-state index contributed by atoms with van der Waals surface area (Å²) in [5.74, 6) is -10.3. The second-order valence-corrected chi connectivity index (χ2v) is 21.3. The number of nitrogens with one attached hydrogen (secondary N) is 5. The van der Waals surface area contributed by atoms with Crippen molar-refractivity contribution in [1.29, 1.82) is 0 Å². The summed E-state index contributed by atoms with van der Waals surface area (Å²) in [5.41, 5.74) is 1.00. The summed E-state index contributed by atoms with van der Waals surface area (Å²) in [6.07, 6.45) is -0.882. The predicted molar refractivity (Wildman–Crippen MR) is 368 cm³/mol. The van der Waals surface area contributed by atoms with Crippen molar-refractivity contribution < 1.29 is 110 Å². The molecule has 0 aliphatic rings. The molecule has 0 bridgehead atoms. The number of aryl methyl sites for hydroxylation is 2. The first-order chi connectivity index (χ1) is 56.1. The maximum absolute atomic E-state index is 12.5. The van der Waals surface area contributed by atoms with Gasteiger partial charge in [0.15, 0.2) is 0 Å². The third-order valence-corrected chi connectivity index (χ3v) is 12.1. The monoisotopic (exact) mass is 1340 g/mol. The SMILES string of the molecule is [2H]C([2H])(NC(=O)C(COC)CC(C)=O)c1ccc(C)cc1.[2H]C([2H])([2H])OCC(CC(C)=O)C(=O)NC([2H])([2H])c1ccc(C)cc1.[2H]c1c([2H])c(C([2H])([2H])NC(=O)C(COC([2H])([2H])[2H])CC(C)=O)c([2H])c([2H])c1C.[2H]c1c([2H])c(C([2H])([2H])NC(=O)C(COC)CC(C)=O)c([2H])c([2H])c1C.[2H]c1c([2H])c(C([2H])([2H])NC(=O)C(COC)CC(C)=O)c([2H])c([2H])c1C. The number of ether oxygens (including phenoxy) is 5. The second kappa shape index (κ2) is 49.2. The van der Waals surface area contributed by atoms with Crippen molar-refractivity contribution >= 4 is 58.5 Å². The summed E-state index contributed by atoms with van der Waals surface area (Å²) < 4.78 is 240. The maximum atomic E-state index is 12.5. The van der Waals surface area contributed by atoms with Crippen LogP contribution in [0.5, 0.6) is 0 Å². The van der Waals surface area contributed by atoms with Gasteiger partial charge in [0.1, 0.15) is 28.9 Å². The molecule has 5 amide bonds. The Hall–Kier alpha value is -8.40. The van der Waals surface area contributed by atoms with E-state index in [0.29, 0.717) is 5.56 Å². The van der Waals surface area contributed by atoms with Crippen LogP contribution in [0.25, 0.3) is 0 Å². The third-order valence-electron chi connectivity index (χ3n) is 12.1. The summed E-state index contributed by atoms with van der Waals surface area (Å²) in [5, 5.41) is 10.6. The van der Waals surface area contributed by atoms with Crippen LogP contribution in [-0.2, 0) is 104 Å². The van der Waals surface area contributed by atoms with Crippen molar-refractivity contribution in [3.63, 3.8) is 0 Å². The molecule has 95 heavy (non-hydrogen) atoms. The Kier molecular flexibility index (Phi) is 25.0. The highest BCUT2D eigenvalue weighted by Gasteiger charge is 2.24. The molecule has 0 saturated carbocycles. The van der Waals surface area contributed by atoms with Gasteiger partial charge in [-0.1, -0.05) is 149 Å². The van der Waals surface area contributed by atoms with Gasteiger partial charge in [0.05, 0.1) is 101 Å². The lowest BCUT2D eigenvalue weighted by atomic mass is 10.0. The molecule has 5 aromatic rings. The fraction of sp³-hybridized carbons (Fsp3) is 0.467. The molecule has 520 valence electrons. The van der Waals surface area contributed by atoms with E-state index in [-0.39, 0.29) is 115 Å². The number of carbonyl (C=O) groups excluding carboxylic acids is 10.